The zero-order chi connectivity index (χ0) is 17.6. The molecule has 5 aliphatic heterocycles. The fraction of sp³-hybridized carbons (Fsp3) is 0.850. The summed E-state index contributed by atoms with van der Waals surface area (Å²) in [6.07, 6.45) is 4.84. The predicted octanol–water partition coefficient (Wildman–Crippen LogP) is 2.77. The Morgan fingerprint density at radius 1 is 1.04 bits per heavy atom. The highest BCUT2D eigenvalue weighted by Gasteiger charge is 2.64. The standard InChI is InChI=1S/C20H28O5/c1-10-5-6-13-20(4,25-13)14-7-8-19(3,24-14)15-9-12-11(2)18(21)23-17(12)16(10)22-15/h10,12-17H,2,5-9H2,1,3-4H3/t10-,12+,13+,14+,15+,16+,17-,19-,20+/m1/s1. The number of fused-ring (bicyclic) bond motifs is 9. The minimum atomic E-state index is -0.330. The van der Waals surface area contributed by atoms with Crippen LogP contribution < -0.4 is 0 Å². The Hall–Kier alpha value is -0.910. The first-order valence-corrected chi connectivity index (χ1v) is 9.73. The summed E-state index contributed by atoms with van der Waals surface area (Å²) >= 11 is 0. The molecule has 0 amide bonds. The van der Waals surface area contributed by atoms with Crippen LogP contribution in [0.1, 0.15) is 52.9 Å². The SMILES string of the molecule is C=C1C(=O)O[C@H]2[C@H]3O[C@@H](C[C@@H]12)[C@@]1(C)CC[C@H](O1)[C@@]1(C)O[C@H]1CC[C@H]3C. The van der Waals surface area contributed by atoms with E-state index in [0.717, 1.165) is 32.1 Å². The number of hydrogen-bond donors (Lipinski definition) is 0. The molecule has 5 heterocycles. The lowest BCUT2D eigenvalue weighted by Crippen LogP contribution is -2.54. The molecule has 0 aromatic carbocycles. The molecule has 9 atom stereocenters. The van der Waals surface area contributed by atoms with Crippen molar-refractivity contribution in [1.82, 2.24) is 0 Å². The number of ether oxygens (including phenoxy) is 4. The first-order chi connectivity index (χ1) is 11.8. The molecule has 0 spiro atoms. The quantitative estimate of drug-likeness (QED) is 0.383. The lowest BCUT2D eigenvalue weighted by atomic mass is 9.76. The van der Waals surface area contributed by atoms with Crippen LogP contribution >= 0.6 is 0 Å². The van der Waals surface area contributed by atoms with E-state index in [1.165, 1.54) is 0 Å². The van der Waals surface area contributed by atoms with Crippen molar-refractivity contribution in [3.8, 4) is 0 Å². The van der Waals surface area contributed by atoms with Gasteiger partial charge in [0.25, 0.3) is 0 Å². The Balaban J connectivity index is 1.51. The minimum Gasteiger partial charge on any atom is -0.456 e. The number of epoxide rings is 1. The molecule has 0 N–H and O–H groups in total. The predicted molar refractivity (Wildman–Crippen MR) is 90.0 cm³/mol. The summed E-state index contributed by atoms with van der Waals surface area (Å²) in [5.74, 6) is 0.111. The van der Waals surface area contributed by atoms with Crippen molar-refractivity contribution < 1.29 is 23.7 Å². The molecule has 0 aromatic rings. The second-order valence-corrected chi connectivity index (χ2v) is 9.13. The van der Waals surface area contributed by atoms with Crippen molar-refractivity contribution in [3.63, 3.8) is 0 Å². The minimum absolute atomic E-state index is 0.0312. The van der Waals surface area contributed by atoms with Gasteiger partial charge < -0.3 is 18.9 Å². The molecule has 5 aliphatic rings. The third-order valence-corrected chi connectivity index (χ3v) is 7.52. The maximum Gasteiger partial charge on any atom is 0.334 e. The maximum absolute atomic E-state index is 12.1. The lowest BCUT2D eigenvalue weighted by Gasteiger charge is -2.45. The Bertz CT molecular complexity index is 632. The van der Waals surface area contributed by atoms with Crippen LogP contribution in [0.2, 0.25) is 0 Å². The van der Waals surface area contributed by atoms with Crippen LogP contribution in [0.25, 0.3) is 0 Å². The van der Waals surface area contributed by atoms with Crippen LogP contribution in [-0.2, 0) is 23.7 Å². The molecule has 4 bridgehead atoms. The number of carbonyl (C=O) groups excluding carboxylic acids is 1. The molecule has 0 saturated carbocycles. The molecule has 5 nitrogen and oxygen atoms in total. The van der Waals surface area contributed by atoms with Crippen molar-refractivity contribution in [2.24, 2.45) is 11.8 Å². The van der Waals surface area contributed by atoms with Crippen LogP contribution in [0.4, 0.5) is 0 Å². The van der Waals surface area contributed by atoms with Crippen molar-refractivity contribution in [1.29, 1.82) is 0 Å². The van der Waals surface area contributed by atoms with Crippen molar-refractivity contribution in [3.05, 3.63) is 12.2 Å². The third kappa shape index (κ3) is 2.22. The summed E-state index contributed by atoms with van der Waals surface area (Å²) < 4.78 is 24.9. The summed E-state index contributed by atoms with van der Waals surface area (Å²) in [5, 5.41) is 0. The smallest absolute Gasteiger partial charge is 0.334 e. The lowest BCUT2D eigenvalue weighted by molar-refractivity contribution is -0.217. The number of rotatable bonds is 0. The van der Waals surface area contributed by atoms with Crippen LogP contribution in [0, 0.1) is 11.8 Å². The average molecular weight is 348 g/mol. The van der Waals surface area contributed by atoms with Crippen LogP contribution in [0.15, 0.2) is 12.2 Å². The Morgan fingerprint density at radius 3 is 2.60 bits per heavy atom. The van der Waals surface area contributed by atoms with E-state index in [0.29, 0.717) is 11.5 Å². The molecule has 5 fully saturated rings. The molecule has 5 saturated heterocycles. The Labute approximate surface area is 149 Å². The highest BCUT2D eigenvalue weighted by molar-refractivity contribution is 5.91. The highest BCUT2D eigenvalue weighted by Crippen LogP contribution is 2.54. The Kier molecular flexibility index (Phi) is 3.31. The average Bonchev–Trinajstić information content (AvgIpc) is 2.92. The van der Waals surface area contributed by atoms with Gasteiger partial charge in [-0.05, 0) is 51.9 Å². The number of carbonyl (C=O) groups is 1. The molecular formula is C20H28O5. The fourth-order valence-electron chi connectivity index (χ4n) is 5.59. The van der Waals surface area contributed by atoms with E-state index in [4.69, 9.17) is 18.9 Å². The van der Waals surface area contributed by atoms with E-state index < -0.39 is 0 Å². The summed E-state index contributed by atoms with van der Waals surface area (Å²) in [4.78, 5) is 12.1. The third-order valence-electron chi connectivity index (χ3n) is 7.52. The van der Waals surface area contributed by atoms with Gasteiger partial charge >= 0.3 is 5.97 Å². The van der Waals surface area contributed by atoms with Crippen LogP contribution in [-0.4, -0.2) is 47.7 Å². The first-order valence-electron chi connectivity index (χ1n) is 9.73. The molecule has 5 heteroatoms. The normalized spacial score (nSPS) is 57.3. The molecule has 0 unspecified atom stereocenters. The zero-order valence-electron chi connectivity index (χ0n) is 15.3. The fourth-order valence-corrected chi connectivity index (χ4v) is 5.59. The van der Waals surface area contributed by atoms with E-state index in [1.54, 1.807) is 0 Å². The van der Waals surface area contributed by atoms with E-state index in [-0.39, 0.29) is 53.6 Å². The molecule has 5 rings (SSSR count). The van der Waals surface area contributed by atoms with Gasteiger partial charge in [-0.2, -0.15) is 0 Å². The van der Waals surface area contributed by atoms with Gasteiger partial charge in [-0.1, -0.05) is 13.5 Å². The molecule has 0 aromatic heterocycles. The topological polar surface area (TPSA) is 57.3 Å². The van der Waals surface area contributed by atoms with Crippen molar-refractivity contribution in [2.75, 3.05) is 0 Å². The maximum atomic E-state index is 12.1. The van der Waals surface area contributed by atoms with Crippen molar-refractivity contribution >= 4 is 5.97 Å². The van der Waals surface area contributed by atoms with Crippen LogP contribution in [0.3, 0.4) is 0 Å². The molecule has 25 heavy (non-hydrogen) atoms. The molecule has 138 valence electrons. The van der Waals surface area contributed by atoms with E-state index in [2.05, 4.69) is 27.4 Å². The molecule has 0 radical (unpaired) electrons. The van der Waals surface area contributed by atoms with E-state index in [1.807, 2.05) is 0 Å². The van der Waals surface area contributed by atoms with Gasteiger partial charge in [0.1, 0.15) is 11.7 Å². The highest BCUT2D eigenvalue weighted by atomic mass is 16.7. The van der Waals surface area contributed by atoms with Gasteiger partial charge in [0.05, 0.1) is 30.0 Å². The second-order valence-electron chi connectivity index (χ2n) is 9.13. The first kappa shape index (κ1) is 16.3. The van der Waals surface area contributed by atoms with Gasteiger partial charge in [0.15, 0.2) is 0 Å². The second kappa shape index (κ2) is 5.08. The van der Waals surface area contributed by atoms with Crippen molar-refractivity contribution in [2.45, 2.75) is 94.6 Å². The largest absolute Gasteiger partial charge is 0.456 e. The molecule has 0 aliphatic carbocycles. The van der Waals surface area contributed by atoms with Gasteiger partial charge in [-0.25, -0.2) is 4.79 Å². The van der Waals surface area contributed by atoms with Gasteiger partial charge in [0, 0.05) is 11.5 Å². The summed E-state index contributed by atoms with van der Waals surface area (Å²) in [6, 6.07) is 0. The number of esters is 1. The Morgan fingerprint density at radius 2 is 1.80 bits per heavy atom. The summed E-state index contributed by atoms with van der Waals surface area (Å²) in [5.41, 5.74) is 0.146. The van der Waals surface area contributed by atoms with Gasteiger partial charge in [0.2, 0.25) is 0 Å². The van der Waals surface area contributed by atoms with Crippen LogP contribution in [0.5, 0.6) is 0 Å². The summed E-state index contributed by atoms with van der Waals surface area (Å²) in [6.45, 7) is 10.6. The zero-order valence-corrected chi connectivity index (χ0v) is 15.3. The van der Waals surface area contributed by atoms with Gasteiger partial charge in [-0.3, -0.25) is 0 Å². The summed E-state index contributed by atoms with van der Waals surface area (Å²) in [7, 11) is 0. The van der Waals surface area contributed by atoms with E-state index in [9.17, 15) is 4.79 Å². The monoisotopic (exact) mass is 348 g/mol. The number of hydrogen-bond acceptors (Lipinski definition) is 5. The molecular weight excluding hydrogens is 320 g/mol. The van der Waals surface area contributed by atoms with Gasteiger partial charge in [-0.15, -0.1) is 0 Å². The van der Waals surface area contributed by atoms with E-state index >= 15 is 0 Å².